The Morgan fingerprint density at radius 3 is 2.84 bits per heavy atom. The van der Waals surface area contributed by atoms with Gasteiger partial charge in [0.05, 0.1) is 13.2 Å². The molecule has 0 saturated carbocycles. The number of rotatable bonds is 5. The highest BCUT2D eigenvalue weighted by Crippen LogP contribution is 2.20. The van der Waals surface area contributed by atoms with Gasteiger partial charge in [-0.05, 0) is 19.8 Å². The van der Waals surface area contributed by atoms with Crippen molar-refractivity contribution in [2.45, 2.75) is 25.9 Å². The summed E-state index contributed by atoms with van der Waals surface area (Å²) in [6.45, 7) is 4.49. The molecule has 1 aliphatic rings. The van der Waals surface area contributed by atoms with E-state index < -0.39 is 0 Å². The van der Waals surface area contributed by atoms with Crippen molar-refractivity contribution in [3.8, 4) is 6.01 Å². The number of ether oxygens (including phenoxy) is 2. The van der Waals surface area contributed by atoms with Crippen molar-refractivity contribution in [1.82, 2.24) is 15.0 Å². The fraction of sp³-hybridized carbons (Fsp3) is 0.750. The van der Waals surface area contributed by atoms with Crippen molar-refractivity contribution >= 4 is 11.9 Å². The smallest absolute Gasteiger partial charge is 0.322 e. The largest absolute Gasteiger partial charge is 0.467 e. The molecule has 7 heteroatoms. The molecule has 1 aliphatic heterocycles. The minimum atomic E-state index is 0.235. The number of methoxy groups -OCH3 is 2. The summed E-state index contributed by atoms with van der Waals surface area (Å²) in [4.78, 5) is 15.0. The van der Waals surface area contributed by atoms with Crippen LogP contribution in [0.3, 0.4) is 0 Å². The molecule has 0 aromatic carbocycles. The lowest BCUT2D eigenvalue weighted by Crippen LogP contribution is -2.40. The molecule has 0 spiro atoms. The molecule has 2 heterocycles. The van der Waals surface area contributed by atoms with Crippen molar-refractivity contribution in [3.05, 3.63) is 0 Å². The van der Waals surface area contributed by atoms with E-state index in [9.17, 15) is 0 Å². The lowest BCUT2D eigenvalue weighted by Gasteiger charge is -2.31. The minimum Gasteiger partial charge on any atom is -0.467 e. The second-order valence-corrected chi connectivity index (χ2v) is 4.42. The van der Waals surface area contributed by atoms with Crippen LogP contribution in [0.5, 0.6) is 6.01 Å². The van der Waals surface area contributed by atoms with Crippen LogP contribution in [0.2, 0.25) is 0 Å². The highest BCUT2D eigenvalue weighted by Gasteiger charge is 2.22. The van der Waals surface area contributed by atoms with Gasteiger partial charge < -0.3 is 19.7 Å². The van der Waals surface area contributed by atoms with Gasteiger partial charge in [-0.1, -0.05) is 0 Å². The zero-order valence-electron chi connectivity index (χ0n) is 11.7. The molecule has 1 aromatic rings. The molecule has 1 saturated heterocycles. The highest BCUT2D eigenvalue weighted by molar-refractivity contribution is 5.38. The molecule has 1 N–H and O–H groups in total. The number of piperidine rings is 1. The third-order valence-electron chi connectivity index (χ3n) is 3.11. The van der Waals surface area contributed by atoms with Crippen molar-refractivity contribution in [2.24, 2.45) is 0 Å². The molecule has 0 amide bonds. The quantitative estimate of drug-likeness (QED) is 0.850. The van der Waals surface area contributed by atoms with E-state index in [2.05, 4.69) is 25.2 Å². The number of aromatic nitrogens is 3. The van der Waals surface area contributed by atoms with Gasteiger partial charge in [0.25, 0.3) is 0 Å². The van der Waals surface area contributed by atoms with Crippen molar-refractivity contribution < 1.29 is 9.47 Å². The maximum atomic E-state index is 5.42. The van der Waals surface area contributed by atoms with E-state index in [0.29, 0.717) is 17.9 Å². The molecule has 19 heavy (non-hydrogen) atoms. The summed E-state index contributed by atoms with van der Waals surface area (Å²) < 4.78 is 10.5. The SMILES string of the molecule is CCNc1nc(OC)nc(N2CCCC(OC)C2)n1. The van der Waals surface area contributed by atoms with E-state index in [1.165, 1.54) is 0 Å². The molecule has 1 aromatic heterocycles. The van der Waals surface area contributed by atoms with Crippen LogP contribution in [0.25, 0.3) is 0 Å². The molecular weight excluding hydrogens is 246 g/mol. The van der Waals surface area contributed by atoms with Crippen LogP contribution < -0.4 is 15.0 Å². The molecule has 0 bridgehead atoms. The molecular formula is C12H21N5O2. The Kier molecular flexibility index (Phi) is 4.73. The van der Waals surface area contributed by atoms with E-state index in [1.54, 1.807) is 14.2 Å². The molecule has 7 nitrogen and oxygen atoms in total. The predicted molar refractivity (Wildman–Crippen MR) is 72.8 cm³/mol. The first-order chi connectivity index (χ1) is 9.26. The fourth-order valence-electron chi connectivity index (χ4n) is 2.13. The minimum absolute atomic E-state index is 0.235. The highest BCUT2D eigenvalue weighted by atomic mass is 16.5. The second kappa shape index (κ2) is 6.51. The van der Waals surface area contributed by atoms with E-state index in [1.807, 2.05) is 6.92 Å². The zero-order chi connectivity index (χ0) is 13.7. The monoisotopic (exact) mass is 267 g/mol. The number of hydrogen-bond donors (Lipinski definition) is 1. The van der Waals surface area contributed by atoms with E-state index >= 15 is 0 Å². The zero-order valence-corrected chi connectivity index (χ0v) is 11.7. The Bertz CT molecular complexity index is 415. The molecule has 0 aliphatic carbocycles. The van der Waals surface area contributed by atoms with Crippen LogP contribution in [0.15, 0.2) is 0 Å². The first-order valence-corrected chi connectivity index (χ1v) is 6.58. The second-order valence-electron chi connectivity index (χ2n) is 4.42. The van der Waals surface area contributed by atoms with E-state index in [-0.39, 0.29) is 6.10 Å². The van der Waals surface area contributed by atoms with Crippen molar-refractivity contribution in [1.29, 1.82) is 0 Å². The van der Waals surface area contributed by atoms with Gasteiger partial charge in [0, 0.05) is 26.7 Å². The van der Waals surface area contributed by atoms with Gasteiger partial charge in [-0.3, -0.25) is 0 Å². The molecule has 1 unspecified atom stereocenters. The van der Waals surface area contributed by atoms with Gasteiger partial charge in [-0.2, -0.15) is 15.0 Å². The van der Waals surface area contributed by atoms with Gasteiger partial charge in [0.15, 0.2) is 0 Å². The van der Waals surface area contributed by atoms with Gasteiger partial charge in [0.1, 0.15) is 0 Å². The van der Waals surface area contributed by atoms with Gasteiger partial charge >= 0.3 is 6.01 Å². The first-order valence-electron chi connectivity index (χ1n) is 6.58. The Morgan fingerprint density at radius 2 is 2.16 bits per heavy atom. The third-order valence-corrected chi connectivity index (χ3v) is 3.11. The summed E-state index contributed by atoms with van der Waals surface area (Å²) >= 11 is 0. The van der Waals surface area contributed by atoms with Gasteiger partial charge in [0.2, 0.25) is 11.9 Å². The van der Waals surface area contributed by atoms with Crippen molar-refractivity contribution in [3.63, 3.8) is 0 Å². The maximum absolute atomic E-state index is 5.42. The summed E-state index contributed by atoms with van der Waals surface area (Å²) in [6.07, 6.45) is 2.39. The van der Waals surface area contributed by atoms with Crippen LogP contribution in [0, 0.1) is 0 Å². The van der Waals surface area contributed by atoms with Crippen LogP contribution in [-0.2, 0) is 4.74 Å². The number of hydrogen-bond acceptors (Lipinski definition) is 7. The maximum Gasteiger partial charge on any atom is 0.322 e. The summed E-state index contributed by atoms with van der Waals surface area (Å²) in [5.41, 5.74) is 0. The normalized spacial score (nSPS) is 19.3. The van der Waals surface area contributed by atoms with Crippen LogP contribution in [0.1, 0.15) is 19.8 Å². The average molecular weight is 267 g/mol. The topological polar surface area (TPSA) is 72.4 Å². The van der Waals surface area contributed by atoms with Crippen LogP contribution in [0.4, 0.5) is 11.9 Å². The third kappa shape index (κ3) is 3.44. The van der Waals surface area contributed by atoms with Gasteiger partial charge in [-0.15, -0.1) is 0 Å². The summed E-state index contributed by atoms with van der Waals surface area (Å²) in [6, 6.07) is 0.334. The van der Waals surface area contributed by atoms with Crippen molar-refractivity contribution in [2.75, 3.05) is 44.1 Å². The van der Waals surface area contributed by atoms with E-state index in [0.717, 1.165) is 32.5 Å². The Labute approximate surface area is 113 Å². The Hall–Kier alpha value is -1.63. The lowest BCUT2D eigenvalue weighted by atomic mass is 10.1. The summed E-state index contributed by atoms with van der Waals surface area (Å²) in [5.74, 6) is 1.19. The lowest BCUT2D eigenvalue weighted by molar-refractivity contribution is 0.0888. The Balaban J connectivity index is 2.19. The summed E-state index contributed by atoms with van der Waals surface area (Å²) in [5, 5.41) is 3.09. The summed E-state index contributed by atoms with van der Waals surface area (Å²) in [7, 11) is 3.30. The molecule has 2 rings (SSSR count). The predicted octanol–water partition coefficient (Wildman–Crippen LogP) is 0.927. The number of anilines is 2. The number of nitrogens with zero attached hydrogens (tertiary/aromatic N) is 4. The molecule has 1 atom stereocenters. The molecule has 0 radical (unpaired) electrons. The standard InChI is InChI=1S/C12H21N5O2/c1-4-13-10-14-11(16-12(15-10)19-3)17-7-5-6-9(8-17)18-2/h9H,4-8H2,1-3H3,(H,13,14,15,16). The molecule has 106 valence electrons. The van der Waals surface area contributed by atoms with Gasteiger partial charge in [-0.25, -0.2) is 0 Å². The average Bonchev–Trinajstić information content (AvgIpc) is 2.47. The van der Waals surface area contributed by atoms with Crippen LogP contribution in [-0.4, -0.2) is 54.9 Å². The van der Waals surface area contributed by atoms with E-state index in [4.69, 9.17) is 9.47 Å². The molecule has 1 fully saturated rings. The number of nitrogens with one attached hydrogen (secondary N) is 1. The Morgan fingerprint density at radius 1 is 1.32 bits per heavy atom. The first kappa shape index (κ1) is 13.8. The fourth-order valence-corrected chi connectivity index (χ4v) is 2.13. The van der Waals surface area contributed by atoms with Crippen LogP contribution >= 0.6 is 0 Å².